The maximum atomic E-state index is 12.7. The number of nitrogens with one attached hydrogen (secondary N) is 1. The zero-order valence-electron chi connectivity index (χ0n) is 20.6. The predicted molar refractivity (Wildman–Crippen MR) is 138 cm³/mol. The largest absolute Gasteiger partial charge is 0.490 e. The molecule has 1 N–H and O–H groups in total. The predicted octanol–water partition coefficient (Wildman–Crippen LogP) is 3.31. The summed E-state index contributed by atoms with van der Waals surface area (Å²) in [6.07, 6.45) is 5.82. The van der Waals surface area contributed by atoms with Gasteiger partial charge >= 0.3 is 0 Å². The van der Waals surface area contributed by atoms with Gasteiger partial charge < -0.3 is 15.0 Å². The van der Waals surface area contributed by atoms with Crippen LogP contribution in [0.5, 0.6) is 5.75 Å². The highest BCUT2D eigenvalue weighted by Crippen LogP contribution is 2.27. The van der Waals surface area contributed by atoms with E-state index < -0.39 is 10.1 Å². The van der Waals surface area contributed by atoms with Gasteiger partial charge in [-0.25, -0.2) is 0 Å². The second kappa shape index (κ2) is 12.1. The van der Waals surface area contributed by atoms with Gasteiger partial charge in [0.15, 0.2) is 11.5 Å². The first-order chi connectivity index (χ1) is 17.7. The molecule has 0 spiro atoms. The van der Waals surface area contributed by atoms with Crippen molar-refractivity contribution in [1.29, 1.82) is 5.26 Å². The number of amides is 1. The first-order valence-corrected chi connectivity index (χ1v) is 14.5. The maximum Gasteiger partial charge on any atom is 0.272 e. The van der Waals surface area contributed by atoms with Gasteiger partial charge in [0.25, 0.3) is 16.0 Å². The second-order valence-corrected chi connectivity index (χ2v) is 11.6. The third-order valence-electron chi connectivity index (χ3n) is 6.71. The number of aromatic nitrogens is 2. The summed E-state index contributed by atoms with van der Waals surface area (Å²) in [5, 5.41) is 20.8. The summed E-state index contributed by atoms with van der Waals surface area (Å²) in [5.41, 5.74) is 0.684. The Balaban J connectivity index is 1.20. The van der Waals surface area contributed by atoms with Crippen molar-refractivity contribution in [2.45, 2.75) is 50.7 Å². The number of carbonyl (C=O) groups excluding carboxylic acids is 1. The van der Waals surface area contributed by atoms with Crippen LogP contribution in [-0.4, -0.2) is 62.6 Å². The third kappa shape index (κ3) is 7.77. The van der Waals surface area contributed by atoms with E-state index in [1.807, 2.05) is 6.07 Å². The van der Waals surface area contributed by atoms with Gasteiger partial charge in [0.05, 0.1) is 29.6 Å². The normalized spacial score (nSPS) is 20.7. The molecule has 2 heterocycles. The quantitative estimate of drug-likeness (QED) is 0.494. The lowest BCUT2D eigenvalue weighted by molar-refractivity contribution is 0.0888. The Kier molecular flexibility index (Phi) is 8.84. The molecule has 10 nitrogen and oxygen atoms in total. The zero-order valence-corrected chi connectivity index (χ0v) is 22.2. The number of piperidine rings is 1. The fraction of sp³-hybridized carbons (Fsp3) is 0.520. The summed E-state index contributed by atoms with van der Waals surface area (Å²) >= 11 is 6.08. The number of ether oxygens (including phenoxy) is 1. The fourth-order valence-corrected chi connectivity index (χ4v) is 5.25. The summed E-state index contributed by atoms with van der Waals surface area (Å²) in [4.78, 5) is 14.8. The van der Waals surface area contributed by atoms with E-state index in [2.05, 4.69) is 20.4 Å². The number of hydrogen-bond donors (Lipinski definition) is 1. The fourth-order valence-electron chi connectivity index (χ4n) is 4.60. The van der Waals surface area contributed by atoms with E-state index >= 15 is 0 Å². The van der Waals surface area contributed by atoms with Crippen LogP contribution in [0, 0.1) is 17.2 Å². The monoisotopic (exact) mass is 547 g/mol. The third-order valence-corrected chi connectivity index (χ3v) is 7.59. The van der Waals surface area contributed by atoms with Crippen LogP contribution in [0.3, 0.4) is 0 Å². The topological polar surface area (TPSA) is 135 Å². The Hall–Kier alpha value is -2.94. The second-order valence-electron chi connectivity index (χ2n) is 9.51. The number of nitrogens with zero attached hydrogens (tertiary/aromatic N) is 4. The first kappa shape index (κ1) is 27.1. The number of carbonyl (C=O) groups is 1. The van der Waals surface area contributed by atoms with Crippen molar-refractivity contribution in [3.63, 3.8) is 0 Å². The molecule has 198 valence electrons. The zero-order chi connectivity index (χ0) is 26.4. The Morgan fingerprint density at radius 2 is 1.86 bits per heavy atom. The van der Waals surface area contributed by atoms with E-state index in [1.54, 1.807) is 30.3 Å². The Bertz CT molecular complexity index is 1240. The van der Waals surface area contributed by atoms with Crippen molar-refractivity contribution >= 4 is 33.4 Å². The van der Waals surface area contributed by atoms with Crippen molar-refractivity contribution in [2.24, 2.45) is 5.92 Å². The first-order valence-electron chi connectivity index (χ1n) is 12.3. The van der Waals surface area contributed by atoms with Gasteiger partial charge in [-0.15, -0.1) is 10.2 Å². The van der Waals surface area contributed by atoms with Crippen LogP contribution in [0.1, 0.15) is 54.6 Å². The van der Waals surface area contributed by atoms with E-state index in [9.17, 15) is 13.2 Å². The molecule has 0 atom stereocenters. The minimum absolute atomic E-state index is 0.0262. The highest BCUT2D eigenvalue weighted by molar-refractivity contribution is 7.85. The van der Waals surface area contributed by atoms with E-state index in [0.717, 1.165) is 57.9 Å². The van der Waals surface area contributed by atoms with Crippen molar-refractivity contribution in [3.8, 4) is 11.8 Å². The van der Waals surface area contributed by atoms with E-state index in [-0.39, 0.29) is 36.3 Å². The molecule has 2 aromatic rings. The van der Waals surface area contributed by atoms with E-state index in [4.69, 9.17) is 25.8 Å². The summed E-state index contributed by atoms with van der Waals surface area (Å²) in [5.74, 6) is 1.27. The number of anilines is 1. The molecule has 1 aliphatic heterocycles. The van der Waals surface area contributed by atoms with Crippen molar-refractivity contribution in [3.05, 3.63) is 46.6 Å². The van der Waals surface area contributed by atoms with Crippen molar-refractivity contribution in [1.82, 2.24) is 15.5 Å². The van der Waals surface area contributed by atoms with E-state index in [0.29, 0.717) is 22.2 Å². The molecule has 1 amide bonds. The molecule has 1 saturated heterocycles. The highest BCUT2D eigenvalue weighted by Gasteiger charge is 2.25. The molecule has 12 heteroatoms. The summed E-state index contributed by atoms with van der Waals surface area (Å²) < 4.78 is 33.3. The van der Waals surface area contributed by atoms with Crippen LogP contribution in [0.15, 0.2) is 30.3 Å². The molecule has 4 rings (SSSR count). The van der Waals surface area contributed by atoms with Gasteiger partial charge in [0, 0.05) is 25.2 Å². The number of benzene rings is 1. The lowest BCUT2D eigenvalue weighted by Crippen LogP contribution is -2.40. The molecule has 2 aliphatic rings. The number of hydrogen-bond acceptors (Lipinski definition) is 9. The smallest absolute Gasteiger partial charge is 0.272 e. The van der Waals surface area contributed by atoms with Crippen molar-refractivity contribution in [2.75, 3.05) is 30.9 Å². The Morgan fingerprint density at radius 3 is 2.46 bits per heavy atom. The molecular weight excluding hydrogens is 518 g/mol. The molecule has 2 fully saturated rings. The molecule has 0 radical (unpaired) electrons. The van der Waals surface area contributed by atoms with Crippen LogP contribution in [0.4, 0.5) is 5.82 Å². The molecule has 1 aromatic heterocycles. The summed E-state index contributed by atoms with van der Waals surface area (Å²) in [6, 6.07) is 10.6. The van der Waals surface area contributed by atoms with Crippen LogP contribution in [0.2, 0.25) is 5.02 Å². The molecule has 0 unspecified atom stereocenters. The van der Waals surface area contributed by atoms with Gasteiger partial charge in [-0.1, -0.05) is 11.6 Å². The van der Waals surface area contributed by atoms with Crippen molar-refractivity contribution < 1.29 is 22.1 Å². The molecule has 1 aliphatic carbocycles. The average molecular weight is 548 g/mol. The lowest BCUT2D eigenvalue weighted by Gasteiger charge is -2.32. The van der Waals surface area contributed by atoms with Gasteiger partial charge in [-0.3, -0.25) is 8.98 Å². The maximum absolute atomic E-state index is 12.7. The minimum Gasteiger partial charge on any atom is -0.490 e. The molecule has 0 bridgehead atoms. The van der Waals surface area contributed by atoms with E-state index in [1.165, 1.54) is 0 Å². The van der Waals surface area contributed by atoms with Crippen LogP contribution in [0.25, 0.3) is 0 Å². The Morgan fingerprint density at radius 1 is 1.14 bits per heavy atom. The summed E-state index contributed by atoms with van der Waals surface area (Å²) in [6.45, 7) is 1.64. The van der Waals surface area contributed by atoms with Gasteiger partial charge in [-0.2, -0.15) is 13.7 Å². The Labute approximate surface area is 222 Å². The number of halogens is 1. The molecule has 1 aromatic carbocycles. The van der Waals surface area contributed by atoms with Crippen LogP contribution in [-0.2, 0) is 14.3 Å². The van der Waals surface area contributed by atoms with Crippen LogP contribution < -0.4 is 15.0 Å². The van der Waals surface area contributed by atoms with Crippen LogP contribution >= 0.6 is 11.6 Å². The highest BCUT2D eigenvalue weighted by atomic mass is 35.5. The minimum atomic E-state index is -3.43. The summed E-state index contributed by atoms with van der Waals surface area (Å²) in [7, 11) is -3.43. The SMILES string of the molecule is CS(=O)(=O)OCC1CCN(c2ccc(C(=O)N[C@H]3CC[C@H](Oc4ccc(C#N)c(Cl)c4)CC3)nn2)CC1. The average Bonchev–Trinajstić information content (AvgIpc) is 2.89. The number of nitriles is 1. The molecular formula is C25H30ClN5O5S. The van der Waals surface area contributed by atoms with Gasteiger partial charge in [0.1, 0.15) is 11.8 Å². The molecule has 1 saturated carbocycles. The van der Waals surface area contributed by atoms with Gasteiger partial charge in [-0.05, 0) is 68.7 Å². The standard InChI is InChI=1S/C25H30ClN5O5S/c1-37(33,34)35-16-17-10-12-31(13-11-17)24-9-8-23(29-30-24)25(32)28-19-3-6-20(7-4-19)36-21-5-2-18(15-27)22(26)14-21/h2,5,8-9,14,17,19-20H,3-4,6-7,10-13,16H2,1H3,(H,28,32)/t19-,20-. The number of rotatable bonds is 8. The lowest BCUT2D eigenvalue weighted by atomic mass is 9.93. The van der Waals surface area contributed by atoms with Gasteiger partial charge in [0.2, 0.25) is 0 Å². The molecule has 37 heavy (non-hydrogen) atoms.